The average molecular weight is 426 g/mol. The minimum absolute atomic E-state index is 0.0989. The van der Waals surface area contributed by atoms with Crippen LogP contribution < -0.4 is 14.8 Å². The van der Waals surface area contributed by atoms with Crippen molar-refractivity contribution in [3.63, 3.8) is 0 Å². The van der Waals surface area contributed by atoms with Gasteiger partial charge in [-0.3, -0.25) is 4.79 Å². The molecule has 0 radical (unpaired) electrons. The lowest BCUT2D eigenvalue weighted by molar-refractivity contribution is 0.0912. The molecule has 3 aromatic heterocycles. The largest absolute Gasteiger partial charge is 0.481 e. The number of hydrogen-bond acceptors (Lipinski definition) is 8. The summed E-state index contributed by atoms with van der Waals surface area (Å²) in [7, 11) is 1.56. The van der Waals surface area contributed by atoms with Crippen molar-refractivity contribution in [1.29, 1.82) is 0 Å². The number of rotatable bonds is 10. The quantitative estimate of drug-likeness (QED) is 0.508. The standard InChI is InChI=1S/C22H26N4O5/c1-4-5-17(12-27)25-22(28)16-7-9-20(24-11-16)30-13-18-14(2)31-26-21(18)15-6-8-19(29-3)23-10-15/h6-11,17,27H,4-5,12-13H2,1-3H3,(H,25,28)/t17-/m0/s1. The topological polar surface area (TPSA) is 120 Å². The molecule has 0 fully saturated rings. The Bertz CT molecular complexity index is 986. The maximum absolute atomic E-state index is 12.3. The van der Waals surface area contributed by atoms with Gasteiger partial charge in [0.25, 0.3) is 5.91 Å². The molecule has 0 aliphatic carbocycles. The van der Waals surface area contributed by atoms with Crippen molar-refractivity contribution in [3.8, 4) is 23.0 Å². The third-order valence-corrected chi connectivity index (χ3v) is 4.76. The van der Waals surface area contributed by atoms with Gasteiger partial charge in [-0.1, -0.05) is 18.5 Å². The summed E-state index contributed by atoms with van der Waals surface area (Å²) in [4.78, 5) is 20.7. The lowest BCUT2D eigenvalue weighted by Crippen LogP contribution is -2.37. The number of aliphatic hydroxyl groups excluding tert-OH is 1. The van der Waals surface area contributed by atoms with E-state index in [1.54, 1.807) is 38.4 Å². The van der Waals surface area contributed by atoms with Gasteiger partial charge in [-0.2, -0.15) is 0 Å². The van der Waals surface area contributed by atoms with Gasteiger partial charge in [-0.25, -0.2) is 9.97 Å². The number of carbonyl (C=O) groups is 1. The molecule has 1 atom stereocenters. The third kappa shape index (κ3) is 5.58. The van der Waals surface area contributed by atoms with E-state index in [-0.39, 0.29) is 25.2 Å². The van der Waals surface area contributed by atoms with Crippen molar-refractivity contribution in [2.24, 2.45) is 0 Å². The smallest absolute Gasteiger partial charge is 0.253 e. The van der Waals surface area contributed by atoms with Crippen molar-refractivity contribution in [2.45, 2.75) is 39.3 Å². The van der Waals surface area contributed by atoms with Gasteiger partial charge in [0.05, 0.1) is 30.9 Å². The zero-order valence-corrected chi connectivity index (χ0v) is 17.8. The van der Waals surface area contributed by atoms with Gasteiger partial charge in [-0.15, -0.1) is 0 Å². The Morgan fingerprint density at radius 1 is 1.19 bits per heavy atom. The number of aliphatic hydroxyl groups is 1. The molecule has 0 aliphatic rings. The maximum atomic E-state index is 12.3. The van der Waals surface area contributed by atoms with E-state index in [9.17, 15) is 9.90 Å². The highest BCUT2D eigenvalue weighted by atomic mass is 16.5. The number of methoxy groups -OCH3 is 1. The molecule has 0 spiro atoms. The van der Waals surface area contributed by atoms with E-state index in [4.69, 9.17) is 14.0 Å². The van der Waals surface area contributed by atoms with E-state index in [2.05, 4.69) is 20.4 Å². The second-order valence-electron chi connectivity index (χ2n) is 6.97. The fourth-order valence-electron chi connectivity index (χ4n) is 3.00. The van der Waals surface area contributed by atoms with Gasteiger partial charge in [0, 0.05) is 30.1 Å². The van der Waals surface area contributed by atoms with E-state index < -0.39 is 0 Å². The van der Waals surface area contributed by atoms with Gasteiger partial charge in [0.1, 0.15) is 18.1 Å². The summed E-state index contributed by atoms with van der Waals surface area (Å²) in [6, 6.07) is 6.58. The summed E-state index contributed by atoms with van der Waals surface area (Å²) in [6.07, 6.45) is 4.68. The molecular weight excluding hydrogens is 400 g/mol. The summed E-state index contributed by atoms with van der Waals surface area (Å²) in [5.74, 6) is 1.22. The second-order valence-corrected chi connectivity index (χ2v) is 6.97. The van der Waals surface area contributed by atoms with Crippen LogP contribution in [0.15, 0.2) is 41.2 Å². The maximum Gasteiger partial charge on any atom is 0.253 e. The highest BCUT2D eigenvalue weighted by molar-refractivity contribution is 5.94. The van der Waals surface area contributed by atoms with Crippen LogP contribution in [0.2, 0.25) is 0 Å². The van der Waals surface area contributed by atoms with Gasteiger partial charge in [-0.05, 0) is 25.5 Å². The van der Waals surface area contributed by atoms with Gasteiger partial charge >= 0.3 is 0 Å². The van der Waals surface area contributed by atoms with Crippen LogP contribution in [0, 0.1) is 6.92 Å². The van der Waals surface area contributed by atoms with Gasteiger partial charge in [0.2, 0.25) is 11.8 Å². The average Bonchev–Trinajstić information content (AvgIpc) is 3.17. The Hall–Kier alpha value is -3.46. The molecule has 3 aromatic rings. The molecule has 0 saturated heterocycles. The van der Waals surface area contributed by atoms with Crippen LogP contribution in [-0.4, -0.2) is 45.9 Å². The normalized spacial score (nSPS) is 11.7. The Balaban J connectivity index is 1.65. The number of nitrogens with zero attached hydrogens (tertiary/aromatic N) is 3. The minimum Gasteiger partial charge on any atom is -0.481 e. The summed E-state index contributed by atoms with van der Waals surface area (Å²) >= 11 is 0. The van der Waals surface area contributed by atoms with E-state index in [0.29, 0.717) is 35.2 Å². The highest BCUT2D eigenvalue weighted by Gasteiger charge is 2.17. The highest BCUT2D eigenvalue weighted by Crippen LogP contribution is 2.26. The molecule has 0 saturated carbocycles. The Morgan fingerprint density at radius 2 is 1.97 bits per heavy atom. The molecular formula is C22H26N4O5. The van der Waals surface area contributed by atoms with Crippen molar-refractivity contribution in [3.05, 3.63) is 53.5 Å². The summed E-state index contributed by atoms with van der Waals surface area (Å²) in [6.45, 7) is 3.90. The van der Waals surface area contributed by atoms with Crippen LogP contribution >= 0.6 is 0 Å². The SMILES string of the molecule is CCC[C@@H](CO)NC(=O)c1ccc(OCc2c(-c3ccc(OC)nc3)noc2C)nc1. The first-order chi connectivity index (χ1) is 15.0. The molecule has 9 heteroatoms. The summed E-state index contributed by atoms with van der Waals surface area (Å²) < 4.78 is 16.2. The lowest BCUT2D eigenvalue weighted by atomic mass is 10.1. The number of nitrogens with one attached hydrogen (secondary N) is 1. The van der Waals surface area contributed by atoms with E-state index >= 15 is 0 Å². The van der Waals surface area contributed by atoms with Crippen LogP contribution in [-0.2, 0) is 6.61 Å². The number of carbonyl (C=O) groups excluding carboxylic acids is 1. The molecule has 2 N–H and O–H groups in total. The van der Waals surface area contributed by atoms with Crippen LogP contribution in [0.3, 0.4) is 0 Å². The predicted molar refractivity (Wildman–Crippen MR) is 113 cm³/mol. The number of pyridine rings is 2. The molecule has 0 aromatic carbocycles. The van der Waals surface area contributed by atoms with E-state index in [1.165, 1.54) is 6.20 Å². The molecule has 0 aliphatic heterocycles. The minimum atomic E-state index is -0.282. The number of ether oxygens (including phenoxy) is 2. The predicted octanol–water partition coefficient (Wildman–Crippen LogP) is 2.92. The first-order valence-corrected chi connectivity index (χ1v) is 10.0. The van der Waals surface area contributed by atoms with Crippen LogP contribution in [0.4, 0.5) is 0 Å². The molecule has 1 amide bonds. The van der Waals surface area contributed by atoms with Crippen molar-refractivity contribution in [1.82, 2.24) is 20.4 Å². The van der Waals surface area contributed by atoms with Crippen LogP contribution in [0.5, 0.6) is 11.8 Å². The first kappa shape index (κ1) is 22.2. The number of aryl methyl sites for hydroxylation is 1. The van der Waals surface area contributed by atoms with E-state index in [1.807, 2.05) is 13.0 Å². The fourth-order valence-corrected chi connectivity index (χ4v) is 3.00. The monoisotopic (exact) mass is 426 g/mol. The van der Waals surface area contributed by atoms with Crippen molar-refractivity contribution >= 4 is 5.91 Å². The number of hydrogen-bond donors (Lipinski definition) is 2. The summed E-state index contributed by atoms with van der Waals surface area (Å²) in [5.41, 5.74) is 2.59. The molecule has 31 heavy (non-hydrogen) atoms. The van der Waals surface area contributed by atoms with Crippen LogP contribution in [0.25, 0.3) is 11.3 Å². The van der Waals surface area contributed by atoms with Crippen molar-refractivity contribution in [2.75, 3.05) is 13.7 Å². The fraction of sp³-hybridized carbons (Fsp3) is 0.364. The second kappa shape index (κ2) is 10.5. The number of aromatic nitrogens is 3. The molecule has 164 valence electrons. The zero-order chi connectivity index (χ0) is 22.2. The third-order valence-electron chi connectivity index (χ3n) is 4.76. The summed E-state index contributed by atoms with van der Waals surface area (Å²) in [5, 5.41) is 16.2. The first-order valence-electron chi connectivity index (χ1n) is 10.0. The molecule has 0 bridgehead atoms. The van der Waals surface area contributed by atoms with E-state index in [0.717, 1.165) is 17.5 Å². The van der Waals surface area contributed by atoms with Gasteiger partial charge < -0.3 is 24.4 Å². The van der Waals surface area contributed by atoms with Gasteiger partial charge in [0.15, 0.2) is 0 Å². The molecule has 9 nitrogen and oxygen atoms in total. The molecule has 3 heterocycles. The molecule has 0 unspecified atom stereocenters. The zero-order valence-electron chi connectivity index (χ0n) is 17.8. The molecule has 3 rings (SSSR count). The Morgan fingerprint density at radius 3 is 2.58 bits per heavy atom. The lowest BCUT2D eigenvalue weighted by Gasteiger charge is -2.15. The number of amides is 1. The Labute approximate surface area is 180 Å². The Kier molecular flexibility index (Phi) is 7.55. The van der Waals surface area contributed by atoms with Crippen molar-refractivity contribution < 1.29 is 23.9 Å². The van der Waals surface area contributed by atoms with Crippen LogP contribution in [0.1, 0.15) is 41.4 Å².